The van der Waals surface area contributed by atoms with E-state index in [-0.39, 0.29) is 5.41 Å². The first-order chi connectivity index (χ1) is 31.3. The van der Waals surface area contributed by atoms with E-state index in [0.29, 0.717) is 0 Å². The van der Waals surface area contributed by atoms with Crippen LogP contribution in [0.5, 0.6) is 0 Å². The van der Waals surface area contributed by atoms with Crippen molar-refractivity contribution < 1.29 is 0 Å². The average Bonchev–Trinajstić information content (AvgIpc) is 3.90. The number of rotatable bonds is 7. The van der Waals surface area contributed by atoms with Crippen LogP contribution >= 0.6 is 0 Å². The molecule has 1 atom stereocenters. The van der Waals surface area contributed by atoms with Crippen LogP contribution in [0, 0.1) is 0 Å². The zero-order valence-electron chi connectivity index (χ0n) is 36.7. The molecular weight excluding hydrogens is 771 g/mol. The predicted octanol–water partition coefficient (Wildman–Crippen LogP) is 16.4. The summed E-state index contributed by atoms with van der Waals surface area (Å²) in [5.74, 6) is 0. The molecule has 1 spiro atoms. The minimum Gasteiger partial charge on any atom is -0.310 e. The molecule has 12 rings (SSSR count). The molecule has 0 aromatic heterocycles. The van der Waals surface area contributed by atoms with Gasteiger partial charge in [0.25, 0.3) is 0 Å². The summed E-state index contributed by atoms with van der Waals surface area (Å²) in [4.78, 5) is 2.51. The van der Waals surface area contributed by atoms with Crippen molar-refractivity contribution >= 4 is 34.8 Å². The van der Waals surface area contributed by atoms with Gasteiger partial charge in [-0.25, -0.2) is 0 Å². The minimum atomic E-state index is -0.523. The van der Waals surface area contributed by atoms with E-state index in [9.17, 15) is 0 Å². The first-order valence-corrected chi connectivity index (χ1v) is 22.6. The van der Waals surface area contributed by atoms with Crippen LogP contribution in [0.25, 0.3) is 51.1 Å². The van der Waals surface area contributed by atoms with Crippen molar-refractivity contribution in [3.63, 3.8) is 0 Å². The van der Waals surface area contributed by atoms with Crippen molar-refractivity contribution in [1.29, 1.82) is 0 Å². The van der Waals surface area contributed by atoms with Crippen LogP contribution in [-0.2, 0) is 16.2 Å². The first-order valence-electron chi connectivity index (χ1n) is 22.6. The number of nitrogens with zero attached hydrogens (tertiary/aromatic N) is 1. The molecule has 8 aromatic rings. The maximum absolute atomic E-state index is 4.25. The number of benzene rings is 8. The van der Waals surface area contributed by atoms with Gasteiger partial charge in [-0.15, -0.1) is 0 Å². The first kappa shape index (κ1) is 38.2. The Hall–Kier alpha value is -7.48. The van der Waals surface area contributed by atoms with E-state index in [1.54, 1.807) is 0 Å². The van der Waals surface area contributed by atoms with E-state index in [4.69, 9.17) is 0 Å². The van der Waals surface area contributed by atoms with Crippen molar-refractivity contribution in [2.45, 2.75) is 43.4 Å². The van der Waals surface area contributed by atoms with E-state index in [1.165, 1.54) is 83.5 Å². The molecule has 0 amide bonds. The van der Waals surface area contributed by atoms with Gasteiger partial charge in [-0.2, -0.15) is 0 Å². The molecule has 0 saturated carbocycles. The second kappa shape index (κ2) is 14.0. The lowest BCUT2D eigenvalue weighted by molar-refractivity contribution is 0.502. The van der Waals surface area contributed by atoms with E-state index in [0.717, 1.165) is 34.6 Å². The van der Waals surface area contributed by atoms with Gasteiger partial charge in [0.1, 0.15) is 0 Å². The molecule has 8 aromatic carbocycles. The second-order valence-corrected chi connectivity index (χ2v) is 18.7. The molecule has 0 N–H and O–H groups in total. The van der Waals surface area contributed by atoms with Crippen LogP contribution in [0.1, 0.15) is 77.3 Å². The highest BCUT2D eigenvalue weighted by atomic mass is 15.1. The number of hydrogen-bond acceptors (Lipinski definition) is 1. The molecule has 0 heterocycles. The van der Waals surface area contributed by atoms with E-state index in [2.05, 4.69) is 233 Å². The monoisotopic (exact) mass is 819 g/mol. The Morgan fingerprint density at radius 2 is 1.05 bits per heavy atom. The van der Waals surface area contributed by atoms with Crippen molar-refractivity contribution in [3.05, 3.63) is 263 Å². The molecule has 0 saturated heterocycles. The fourth-order valence-corrected chi connectivity index (χ4v) is 12.1. The van der Waals surface area contributed by atoms with Gasteiger partial charge in [0.2, 0.25) is 0 Å². The number of allylic oxidation sites excluding steroid dienone is 4. The highest BCUT2D eigenvalue weighted by Gasteiger charge is 2.58. The molecule has 1 unspecified atom stereocenters. The lowest BCUT2D eigenvalue weighted by atomic mass is 9.57. The Morgan fingerprint density at radius 3 is 1.77 bits per heavy atom. The van der Waals surface area contributed by atoms with E-state index in [1.807, 2.05) is 12.2 Å². The molecule has 64 heavy (non-hydrogen) atoms. The molecule has 4 aliphatic rings. The molecule has 1 heteroatoms. The number of fused-ring (bicyclic) bond motifs is 12. The lowest BCUT2D eigenvalue weighted by Crippen LogP contribution is -2.39. The third kappa shape index (κ3) is 5.19. The summed E-state index contributed by atoms with van der Waals surface area (Å²) in [7, 11) is 0. The average molecular weight is 820 g/mol. The highest BCUT2D eigenvalue weighted by Crippen LogP contribution is 2.67. The summed E-state index contributed by atoms with van der Waals surface area (Å²) in [6, 6.07) is 68.3. The molecular formula is C63H49N. The highest BCUT2D eigenvalue weighted by molar-refractivity contribution is 5.99. The van der Waals surface area contributed by atoms with Gasteiger partial charge < -0.3 is 4.90 Å². The number of para-hydroxylation sites is 1. The summed E-state index contributed by atoms with van der Waals surface area (Å²) in [5, 5.41) is 0. The Balaban J connectivity index is 1.10. The molecule has 1 nitrogen and oxygen atoms in total. The van der Waals surface area contributed by atoms with Gasteiger partial charge in [-0.3, -0.25) is 0 Å². The quantitative estimate of drug-likeness (QED) is 0.155. The van der Waals surface area contributed by atoms with E-state index < -0.39 is 10.8 Å². The Labute approximate surface area is 377 Å². The minimum absolute atomic E-state index is 0.143. The summed E-state index contributed by atoms with van der Waals surface area (Å²) in [6.45, 7) is 15.7. The zero-order valence-corrected chi connectivity index (χ0v) is 36.7. The second-order valence-electron chi connectivity index (χ2n) is 18.7. The van der Waals surface area contributed by atoms with Gasteiger partial charge in [-0.05, 0) is 138 Å². The van der Waals surface area contributed by atoms with Crippen LogP contribution in [0.15, 0.2) is 213 Å². The third-order valence-corrected chi connectivity index (χ3v) is 15.1. The Kier molecular flexibility index (Phi) is 8.37. The maximum atomic E-state index is 4.25. The van der Waals surface area contributed by atoms with Crippen molar-refractivity contribution in [2.75, 3.05) is 4.90 Å². The van der Waals surface area contributed by atoms with Crippen molar-refractivity contribution in [1.82, 2.24) is 0 Å². The smallest absolute Gasteiger partial charge is 0.0697 e. The van der Waals surface area contributed by atoms with Crippen LogP contribution < -0.4 is 4.90 Å². The largest absolute Gasteiger partial charge is 0.310 e. The predicted molar refractivity (Wildman–Crippen MR) is 271 cm³/mol. The van der Waals surface area contributed by atoms with E-state index >= 15 is 0 Å². The van der Waals surface area contributed by atoms with Gasteiger partial charge in [0.05, 0.1) is 11.1 Å². The van der Waals surface area contributed by atoms with Crippen LogP contribution in [0.3, 0.4) is 0 Å². The molecule has 4 aliphatic carbocycles. The summed E-state index contributed by atoms with van der Waals surface area (Å²) < 4.78 is 0. The lowest BCUT2D eigenvalue weighted by Gasteiger charge is -2.44. The van der Waals surface area contributed by atoms with Gasteiger partial charge in [0.15, 0.2) is 0 Å². The Morgan fingerprint density at radius 1 is 0.469 bits per heavy atom. The number of anilines is 3. The molecule has 306 valence electrons. The van der Waals surface area contributed by atoms with Crippen molar-refractivity contribution in [3.8, 4) is 33.4 Å². The van der Waals surface area contributed by atoms with Gasteiger partial charge in [-0.1, -0.05) is 198 Å². The summed E-state index contributed by atoms with van der Waals surface area (Å²) in [5.41, 5.74) is 24.3. The van der Waals surface area contributed by atoms with Gasteiger partial charge in [0, 0.05) is 27.8 Å². The third-order valence-electron chi connectivity index (χ3n) is 15.1. The fraction of sp³-hybridized carbons (Fsp3) is 0.111. The molecule has 0 bridgehead atoms. The van der Waals surface area contributed by atoms with Crippen LogP contribution in [0.4, 0.5) is 17.1 Å². The molecule has 0 aliphatic heterocycles. The SMILES string of the molecule is C=Cc1ccc2c(c1)C1(C3=C(C=CCC3(C)c3cccc(N(c4ccc5c(c4)C(C)(C)c4ccccc4-5)c4ccccc4-c4ccccc4)c3)c3ccccc31)c1cc(C=C)ccc1-2. The Bertz CT molecular complexity index is 3280. The van der Waals surface area contributed by atoms with Crippen molar-refractivity contribution in [2.24, 2.45) is 0 Å². The number of hydrogen-bond donors (Lipinski definition) is 0. The summed E-state index contributed by atoms with van der Waals surface area (Å²) >= 11 is 0. The topological polar surface area (TPSA) is 3.24 Å². The maximum Gasteiger partial charge on any atom is 0.0697 e. The standard InChI is InChI=1S/C63H49N/c1-6-41-30-33-51-52-34-31-42(7-2)38-58(52)63(57(51)37-41)55-28-15-12-25-49(55)53-26-18-36-62(5,60(53)63)44-21-17-22-45(39-44)64(59-29-16-13-23-47(59)43-19-9-8-10-20-43)46-32-35-50-48-24-11-14-27-54(48)61(3,4)56(50)40-46/h6-35,37-40H,1-2,36H2,3-5H3. The van der Waals surface area contributed by atoms with Gasteiger partial charge >= 0.3 is 0 Å². The molecule has 0 radical (unpaired) electrons. The summed E-state index contributed by atoms with van der Waals surface area (Å²) in [6.07, 6.45) is 9.68. The van der Waals surface area contributed by atoms with Crippen LogP contribution in [-0.4, -0.2) is 0 Å². The fourth-order valence-electron chi connectivity index (χ4n) is 12.1. The van der Waals surface area contributed by atoms with Crippen LogP contribution in [0.2, 0.25) is 0 Å². The normalized spacial score (nSPS) is 17.5. The zero-order chi connectivity index (χ0) is 43.4. The molecule has 0 fully saturated rings.